The van der Waals surface area contributed by atoms with E-state index in [1.165, 1.54) is 6.07 Å². The van der Waals surface area contributed by atoms with E-state index in [-0.39, 0.29) is 5.82 Å². The summed E-state index contributed by atoms with van der Waals surface area (Å²) >= 11 is 0. The van der Waals surface area contributed by atoms with E-state index in [0.29, 0.717) is 5.56 Å². The molecule has 1 fully saturated rings. The first kappa shape index (κ1) is 10.4. The Labute approximate surface area is 89.3 Å². The number of halogens is 1. The number of aliphatic hydroxyl groups is 1. The second kappa shape index (κ2) is 4.19. The maximum Gasteiger partial charge on any atom is 0.131 e. The zero-order valence-electron chi connectivity index (χ0n) is 8.91. The summed E-state index contributed by atoms with van der Waals surface area (Å²) in [5, 5.41) is 9.58. The Morgan fingerprint density at radius 1 is 1.33 bits per heavy atom. The van der Waals surface area contributed by atoms with E-state index < -0.39 is 6.10 Å². The van der Waals surface area contributed by atoms with Crippen molar-refractivity contribution in [2.75, 3.05) is 18.0 Å². The van der Waals surface area contributed by atoms with E-state index in [1.54, 1.807) is 13.0 Å². The third-order valence-electron chi connectivity index (χ3n) is 2.89. The molecule has 0 spiro atoms. The van der Waals surface area contributed by atoms with E-state index in [0.717, 1.165) is 31.6 Å². The van der Waals surface area contributed by atoms with Gasteiger partial charge >= 0.3 is 0 Å². The van der Waals surface area contributed by atoms with Gasteiger partial charge in [0.25, 0.3) is 0 Å². The first-order chi connectivity index (χ1) is 7.20. The highest BCUT2D eigenvalue weighted by molar-refractivity contribution is 5.55. The third-order valence-corrected chi connectivity index (χ3v) is 2.89. The lowest BCUT2D eigenvalue weighted by Gasteiger charge is -2.22. The van der Waals surface area contributed by atoms with Crippen LogP contribution in [0.25, 0.3) is 0 Å². The minimum absolute atomic E-state index is 0.311. The Kier molecular flexibility index (Phi) is 2.91. The van der Waals surface area contributed by atoms with Crippen LogP contribution in [0.5, 0.6) is 0 Å². The van der Waals surface area contributed by atoms with Gasteiger partial charge in [0.1, 0.15) is 5.82 Å². The van der Waals surface area contributed by atoms with E-state index in [1.807, 2.05) is 6.07 Å². The molecule has 0 aliphatic carbocycles. The topological polar surface area (TPSA) is 23.5 Å². The number of anilines is 1. The van der Waals surface area contributed by atoms with Crippen LogP contribution in [0, 0.1) is 5.82 Å². The molecule has 0 radical (unpaired) electrons. The molecule has 15 heavy (non-hydrogen) atoms. The van der Waals surface area contributed by atoms with Crippen LogP contribution in [0.4, 0.5) is 10.1 Å². The molecule has 0 bridgehead atoms. The minimum atomic E-state index is -0.748. The largest absolute Gasteiger partial charge is 0.389 e. The molecule has 3 heteroatoms. The van der Waals surface area contributed by atoms with Crippen LogP contribution in [0.2, 0.25) is 0 Å². The molecule has 1 aromatic carbocycles. The van der Waals surface area contributed by atoms with Crippen LogP contribution in [-0.2, 0) is 0 Å². The quantitative estimate of drug-likeness (QED) is 0.808. The van der Waals surface area contributed by atoms with Gasteiger partial charge in [-0.15, -0.1) is 0 Å². The Morgan fingerprint density at radius 2 is 2.00 bits per heavy atom. The minimum Gasteiger partial charge on any atom is -0.389 e. The van der Waals surface area contributed by atoms with Gasteiger partial charge in [-0.05, 0) is 31.9 Å². The molecule has 1 atom stereocenters. The lowest BCUT2D eigenvalue weighted by molar-refractivity contribution is 0.194. The van der Waals surface area contributed by atoms with Gasteiger partial charge in [-0.25, -0.2) is 4.39 Å². The maximum atomic E-state index is 13.6. The average molecular weight is 209 g/mol. The van der Waals surface area contributed by atoms with Gasteiger partial charge in [-0.1, -0.05) is 6.07 Å². The molecule has 0 saturated carbocycles. The van der Waals surface area contributed by atoms with E-state index in [4.69, 9.17) is 0 Å². The second-order valence-electron chi connectivity index (χ2n) is 4.04. The Morgan fingerprint density at radius 3 is 2.60 bits per heavy atom. The average Bonchev–Trinajstić information content (AvgIpc) is 2.69. The molecule has 1 aromatic rings. The van der Waals surface area contributed by atoms with Crippen molar-refractivity contribution in [2.45, 2.75) is 25.9 Å². The van der Waals surface area contributed by atoms with Crippen LogP contribution >= 0.6 is 0 Å². The number of benzene rings is 1. The molecule has 2 rings (SSSR count). The predicted molar refractivity (Wildman–Crippen MR) is 58.5 cm³/mol. The second-order valence-corrected chi connectivity index (χ2v) is 4.04. The first-order valence-corrected chi connectivity index (χ1v) is 5.41. The van der Waals surface area contributed by atoms with Crippen molar-refractivity contribution in [2.24, 2.45) is 0 Å². The van der Waals surface area contributed by atoms with Crippen molar-refractivity contribution >= 4 is 5.69 Å². The fourth-order valence-corrected chi connectivity index (χ4v) is 2.17. The van der Waals surface area contributed by atoms with Crippen molar-refractivity contribution in [3.05, 3.63) is 29.6 Å². The van der Waals surface area contributed by atoms with E-state index in [9.17, 15) is 9.50 Å². The van der Waals surface area contributed by atoms with Crippen LogP contribution in [0.1, 0.15) is 31.4 Å². The maximum absolute atomic E-state index is 13.6. The lowest BCUT2D eigenvalue weighted by Crippen LogP contribution is -2.20. The monoisotopic (exact) mass is 209 g/mol. The van der Waals surface area contributed by atoms with Gasteiger partial charge in [0.05, 0.1) is 6.10 Å². The van der Waals surface area contributed by atoms with Crippen molar-refractivity contribution in [3.63, 3.8) is 0 Å². The Balaban J connectivity index is 2.40. The molecule has 0 aromatic heterocycles. The van der Waals surface area contributed by atoms with Gasteiger partial charge in [0.15, 0.2) is 0 Å². The van der Waals surface area contributed by atoms with Gasteiger partial charge in [0.2, 0.25) is 0 Å². The third kappa shape index (κ3) is 1.97. The molecule has 1 N–H and O–H groups in total. The molecular formula is C12H16FNO. The summed E-state index contributed by atoms with van der Waals surface area (Å²) in [7, 11) is 0. The van der Waals surface area contributed by atoms with Crippen molar-refractivity contribution < 1.29 is 9.50 Å². The summed E-state index contributed by atoms with van der Waals surface area (Å²) in [6, 6.07) is 4.99. The summed E-state index contributed by atoms with van der Waals surface area (Å²) in [5.74, 6) is -0.311. The normalized spacial score (nSPS) is 18.2. The highest BCUT2D eigenvalue weighted by atomic mass is 19.1. The fraction of sp³-hybridized carbons (Fsp3) is 0.500. The molecule has 0 amide bonds. The Hall–Kier alpha value is -1.09. The van der Waals surface area contributed by atoms with Crippen LogP contribution in [0.3, 0.4) is 0 Å². The van der Waals surface area contributed by atoms with E-state index in [2.05, 4.69) is 4.90 Å². The molecule has 0 unspecified atom stereocenters. The smallest absolute Gasteiger partial charge is 0.131 e. The molecule has 1 aliphatic rings. The van der Waals surface area contributed by atoms with Gasteiger partial charge < -0.3 is 10.0 Å². The van der Waals surface area contributed by atoms with Gasteiger partial charge in [0, 0.05) is 24.3 Å². The summed E-state index contributed by atoms with van der Waals surface area (Å²) in [6.45, 7) is 3.53. The number of aliphatic hydroxyl groups excluding tert-OH is 1. The number of nitrogens with zero attached hydrogens (tertiary/aromatic N) is 1. The van der Waals surface area contributed by atoms with Gasteiger partial charge in [-0.2, -0.15) is 0 Å². The Bertz CT molecular complexity index is 345. The summed E-state index contributed by atoms with van der Waals surface area (Å²) in [4.78, 5) is 2.14. The SMILES string of the molecule is C[C@@H](O)c1c(F)cccc1N1CCCC1. The molecule has 82 valence electrons. The highest BCUT2D eigenvalue weighted by Gasteiger charge is 2.20. The number of rotatable bonds is 2. The fourth-order valence-electron chi connectivity index (χ4n) is 2.17. The predicted octanol–water partition coefficient (Wildman–Crippen LogP) is 2.48. The van der Waals surface area contributed by atoms with Crippen LogP contribution in [0.15, 0.2) is 18.2 Å². The van der Waals surface area contributed by atoms with Crippen molar-refractivity contribution in [1.82, 2.24) is 0 Å². The molecular weight excluding hydrogens is 193 g/mol. The van der Waals surface area contributed by atoms with E-state index >= 15 is 0 Å². The lowest BCUT2D eigenvalue weighted by atomic mass is 10.1. The number of hydrogen-bond acceptors (Lipinski definition) is 2. The van der Waals surface area contributed by atoms with Crippen molar-refractivity contribution in [3.8, 4) is 0 Å². The van der Waals surface area contributed by atoms with Crippen molar-refractivity contribution in [1.29, 1.82) is 0 Å². The zero-order chi connectivity index (χ0) is 10.8. The standard InChI is InChI=1S/C12H16FNO/c1-9(15)12-10(13)5-4-6-11(12)14-7-2-3-8-14/h4-6,9,15H,2-3,7-8H2,1H3/t9-/m1/s1. The summed E-state index contributed by atoms with van der Waals surface area (Å²) < 4.78 is 13.6. The van der Waals surface area contributed by atoms with Crippen LogP contribution < -0.4 is 4.90 Å². The first-order valence-electron chi connectivity index (χ1n) is 5.41. The molecule has 1 saturated heterocycles. The molecule has 1 aliphatic heterocycles. The number of hydrogen-bond donors (Lipinski definition) is 1. The molecule has 2 nitrogen and oxygen atoms in total. The summed E-state index contributed by atoms with van der Waals surface area (Å²) in [6.07, 6.45) is 1.55. The van der Waals surface area contributed by atoms with Gasteiger partial charge in [-0.3, -0.25) is 0 Å². The molecule has 1 heterocycles. The summed E-state index contributed by atoms with van der Waals surface area (Å²) in [5.41, 5.74) is 1.28. The zero-order valence-corrected chi connectivity index (χ0v) is 8.91. The van der Waals surface area contributed by atoms with Crippen LogP contribution in [-0.4, -0.2) is 18.2 Å². The highest BCUT2D eigenvalue weighted by Crippen LogP contribution is 2.30.